The van der Waals surface area contributed by atoms with Gasteiger partial charge in [0.15, 0.2) is 0 Å². The van der Waals surface area contributed by atoms with Crippen molar-refractivity contribution in [3.63, 3.8) is 0 Å². The molecule has 1 N–H and O–H groups in total. The Labute approximate surface area is 122 Å². The molecule has 6 heteroatoms. The average Bonchev–Trinajstić information content (AvgIpc) is 3.00. The normalized spacial score (nSPS) is 12.1. The summed E-state index contributed by atoms with van der Waals surface area (Å²) < 4.78 is 1.75. The number of hydrogen-bond acceptors (Lipinski definition) is 5. The van der Waals surface area contributed by atoms with Gasteiger partial charge < -0.3 is 5.32 Å². The maximum absolute atomic E-state index is 4.23. The van der Waals surface area contributed by atoms with Crippen LogP contribution < -0.4 is 5.32 Å². The number of anilines is 1. The Hall–Kier alpha value is -2.76. The van der Waals surface area contributed by atoms with E-state index in [1.54, 1.807) is 17.1 Å². The summed E-state index contributed by atoms with van der Waals surface area (Å²) in [4.78, 5) is 8.46. The van der Waals surface area contributed by atoms with Crippen LogP contribution in [0.2, 0.25) is 0 Å². The second kappa shape index (κ2) is 5.70. The summed E-state index contributed by atoms with van der Waals surface area (Å²) in [5.74, 6) is 0.586. The summed E-state index contributed by atoms with van der Waals surface area (Å²) >= 11 is 0. The maximum Gasteiger partial charge on any atom is 0.223 e. The molecular weight excluding hydrogens is 264 g/mol. The monoisotopic (exact) mass is 280 g/mol. The highest BCUT2D eigenvalue weighted by molar-refractivity contribution is 5.32. The average molecular weight is 280 g/mol. The summed E-state index contributed by atoms with van der Waals surface area (Å²) in [6, 6.07) is 9.86. The molecule has 0 amide bonds. The summed E-state index contributed by atoms with van der Waals surface area (Å²) in [5.41, 5.74) is 2.85. The van der Waals surface area contributed by atoms with Crippen LogP contribution in [0.4, 0.5) is 5.95 Å². The Bertz CT molecular complexity index is 705. The number of benzene rings is 1. The molecule has 3 aromatic rings. The first-order valence-corrected chi connectivity index (χ1v) is 6.75. The molecule has 2 heterocycles. The highest BCUT2D eigenvalue weighted by atomic mass is 15.4. The van der Waals surface area contributed by atoms with Crippen molar-refractivity contribution in [2.45, 2.75) is 19.9 Å². The molecule has 1 atom stereocenters. The minimum atomic E-state index is -0.0230. The van der Waals surface area contributed by atoms with Crippen molar-refractivity contribution in [3.8, 4) is 5.69 Å². The van der Waals surface area contributed by atoms with Gasteiger partial charge >= 0.3 is 0 Å². The lowest BCUT2D eigenvalue weighted by atomic mass is 10.2. The maximum atomic E-state index is 4.23. The van der Waals surface area contributed by atoms with Gasteiger partial charge in [-0.3, -0.25) is 0 Å². The highest BCUT2D eigenvalue weighted by Crippen LogP contribution is 2.15. The molecule has 0 radical (unpaired) electrons. The fourth-order valence-electron chi connectivity index (χ4n) is 1.92. The Kier molecular flexibility index (Phi) is 3.59. The predicted molar refractivity (Wildman–Crippen MR) is 80.2 cm³/mol. The summed E-state index contributed by atoms with van der Waals surface area (Å²) in [6.45, 7) is 3.96. The standard InChI is InChI=1S/C15H16N6/c1-11-8-16-15(17-9-11)18-12(2)14-10-21(20-19-14)13-6-4-3-5-7-13/h3-10,12H,1-2H3,(H,16,17,18). The third-order valence-corrected chi connectivity index (χ3v) is 3.10. The van der Waals surface area contributed by atoms with Crippen LogP contribution in [0.1, 0.15) is 24.2 Å². The molecule has 2 aromatic heterocycles. The van der Waals surface area contributed by atoms with Gasteiger partial charge in [0.2, 0.25) is 5.95 Å². The van der Waals surface area contributed by atoms with E-state index in [0.29, 0.717) is 5.95 Å². The van der Waals surface area contributed by atoms with Crippen LogP contribution in [0.5, 0.6) is 0 Å². The highest BCUT2D eigenvalue weighted by Gasteiger charge is 2.11. The quantitative estimate of drug-likeness (QED) is 0.795. The van der Waals surface area contributed by atoms with Gasteiger partial charge in [0.1, 0.15) is 5.69 Å². The first-order chi connectivity index (χ1) is 10.2. The number of aryl methyl sites for hydroxylation is 1. The van der Waals surface area contributed by atoms with Crippen molar-refractivity contribution in [3.05, 3.63) is 60.2 Å². The zero-order valence-electron chi connectivity index (χ0n) is 11.9. The van der Waals surface area contributed by atoms with E-state index < -0.39 is 0 Å². The molecule has 0 aliphatic rings. The van der Waals surface area contributed by atoms with E-state index in [0.717, 1.165) is 16.9 Å². The van der Waals surface area contributed by atoms with Gasteiger partial charge in [0.25, 0.3) is 0 Å². The lowest BCUT2D eigenvalue weighted by Gasteiger charge is -2.10. The van der Waals surface area contributed by atoms with Crippen LogP contribution in [-0.4, -0.2) is 25.0 Å². The van der Waals surface area contributed by atoms with Crippen LogP contribution in [0.3, 0.4) is 0 Å². The topological polar surface area (TPSA) is 68.5 Å². The molecule has 0 spiro atoms. The van der Waals surface area contributed by atoms with Crippen molar-refractivity contribution in [2.75, 3.05) is 5.32 Å². The molecule has 0 bridgehead atoms. The van der Waals surface area contributed by atoms with Gasteiger partial charge in [0.05, 0.1) is 17.9 Å². The minimum Gasteiger partial charge on any atom is -0.346 e. The summed E-state index contributed by atoms with van der Waals surface area (Å²) in [6.07, 6.45) is 5.47. The van der Waals surface area contributed by atoms with Crippen molar-refractivity contribution >= 4 is 5.95 Å². The Morgan fingerprint density at radius 1 is 1.10 bits per heavy atom. The molecule has 6 nitrogen and oxygen atoms in total. The molecule has 0 aliphatic heterocycles. The number of nitrogens with one attached hydrogen (secondary N) is 1. The van der Waals surface area contributed by atoms with E-state index in [-0.39, 0.29) is 6.04 Å². The number of rotatable bonds is 4. The molecular formula is C15H16N6. The largest absolute Gasteiger partial charge is 0.346 e. The number of hydrogen-bond donors (Lipinski definition) is 1. The van der Waals surface area contributed by atoms with Crippen molar-refractivity contribution < 1.29 is 0 Å². The zero-order chi connectivity index (χ0) is 14.7. The van der Waals surface area contributed by atoms with Gasteiger partial charge in [0, 0.05) is 12.4 Å². The fraction of sp³-hybridized carbons (Fsp3) is 0.200. The van der Waals surface area contributed by atoms with E-state index in [4.69, 9.17) is 0 Å². The fourth-order valence-corrected chi connectivity index (χ4v) is 1.92. The van der Waals surface area contributed by atoms with Crippen LogP contribution in [0, 0.1) is 6.92 Å². The second-order valence-electron chi connectivity index (χ2n) is 4.87. The number of aromatic nitrogens is 5. The van der Waals surface area contributed by atoms with Gasteiger partial charge in [-0.15, -0.1) is 5.10 Å². The molecule has 0 saturated heterocycles. The lowest BCUT2D eigenvalue weighted by molar-refractivity contribution is 0.776. The zero-order valence-corrected chi connectivity index (χ0v) is 11.9. The molecule has 21 heavy (non-hydrogen) atoms. The number of nitrogens with zero attached hydrogens (tertiary/aromatic N) is 5. The van der Waals surface area contributed by atoms with E-state index in [9.17, 15) is 0 Å². The molecule has 1 unspecified atom stereocenters. The van der Waals surface area contributed by atoms with Crippen molar-refractivity contribution in [2.24, 2.45) is 0 Å². The summed E-state index contributed by atoms with van der Waals surface area (Å²) in [5, 5.41) is 11.6. The minimum absolute atomic E-state index is 0.0230. The SMILES string of the molecule is Cc1cnc(NC(C)c2cn(-c3ccccc3)nn2)nc1. The van der Waals surface area contributed by atoms with E-state index in [1.165, 1.54) is 0 Å². The van der Waals surface area contributed by atoms with Gasteiger partial charge in [-0.1, -0.05) is 23.4 Å². The van der Waals surface area contributed by atoms with E-state index >= 15 is 0 Å². The summed E-state index contributed by atoms with van der Waals surface area (Å²) in [7, 11) is 0. The third-order valence-electron chi connectivity index (χ3n) is 3.10. The lowest BCUT2D eigenvalue weighted by Crippen LogP contribution is -2.09. The second-order valence-corrected chi connectivity index (χ2v) is 4.87. The predicted octanol–water partition coefficient (Wildman–Crippen LogP) is 2.54. The van der Waals surface area contributed by atoms with E-state index in [1.807, 2.05) is 50.4 Å². The first-order valence-electron chi connectivity index (χ1n) is 6.75. The van der Waals surface area contributed by atoms with Crippen LogP contribution in [-0.2, 0) is 0 Å². The van der Waals surface area contributed by atoms with Crippen LogP contribution in [0.25, 0.3) is 5.69 Å². The Morgan fingerprint density at radius 3 is 2.52 bits per heavy atom. The van der Waals surface area contributed by atoms with Crippen molar-refractivity contribution in [1.82, 2.24) is 25.0 Å². The molecule has 1 aromatic carbocycles. The molecule has 3 rings (SSSR count). The molecule has 0 fully saturated rings. The van der Waals surface area contributed by atoms with Crippen LogP contribution in [0.15, 0.2) is 48.9 Å². The smallest absolute Gasteiger partial charge is 0.223 e. The third kappa shape index (κ3) is 3.05. The van der Waals surface area contributed by atoms with E-state index in [2.05, 4.69) is 25.6 Å². The van der Waals surface area contributed by atoms with Gasteiger partial charge in [-0.2, -0.15) is 0 Å². The molecule has 0 aliphatic carbocycles. The molecule has 0 saturated carbocycles. The van der Waals surface area contributed by atoms with Crippen LogP contribution >= 0.6 is 0 Å². The van der Waals surface area contributed by atoms with Crippen molar-refractivity contribution in [1.29, 1.82) is 0 Å². The molecule has 106 valence electrons. The van der Waals surface area contributed by atoms with Gasteiger partial charge in [-0.25, -0.2) is 14.6 Å². The first kappa shape index (κ1) is 13.2. The van der Waals surface area contributed by atoms with Gasteiger partial charge in [-0.05, 0) is 31.5 Å². The number of para-hydroxylation sites is 1. The Balaban J connectivity index is 1.75. The Morgan fingerprint density at radius 2 is 1.81 bits per heavy atom.